The molecular weight excluding hydrogens is 400 g/mol. The molecule has 1 aliphatic heterocycles. The largest absolute Gasteiger partial charge is 0.324 e. The summed E-state index contributed by atoms with van der Waals surface area (Å²) in [6.45, 7) is 6.46. The van der Waals surface area contributed by atoms with Crippen molar-refractivity contribution in [2.24, 2.45) is 5.92 Å². The van der Waals surface area contributed by atoms with Gasteiger partial charge in [0.15, 0.2) is 0 Å². The average molecular weight is 425 g/mol. The first-order valence-electron chi connectivity index (χ1n) is 9.28. The second-order valence-corrected chi connectivity index (χ2v) is 9.61. The van der Waals surface area contributed by atoms with E-state index in [1.54, 1.807) is 38.1 Å². The molecule has 0 spiro atoms. The van der Waals surface area contributed by atoms with Crippen LogP contribution in [-0.2, 0) is 21.4 Å². The van der Waals surface area contributed by atoms with Crippen LogP contribution in [0.25, 0.3) is 0 Å². The predicted octanol–water partition coefficient (Wildman–Crippen LogP) is 3.21. The molecule has 0 bridgehead atoms. The van der Waals surface area contributed by atoms with Crippen molar-refractivity contribution in [3.63, 3.8) is 0 Å². The molecule has 1 fully saturated rings. The second kappa shape index (κ2) is 8.23. The third-order valence-electron chi connectivity index (χ3n) is 5.08. The topological polar surface area (TPSA) is 84.3 Å². The number of piperidine rings is 1. The number of hydrogen-bond acceptors (Lipinski definition) is 4. The van der Waals surface area contributed by atoms with Crippen molar-refractivity contribution in [1.82, 2.24) is 14.1 Å². The summed E-state index contributed by atoms with van der Waals surface area (Å²) in [7, 11) is -3.62. The summed E-state index contributed by atoms with van der Waals surface area (Å²) < 4.78 is 29.2. The van der Waals surface area contributed by atoms with Gasteiger partial charge in [-0.3, -0.25) is 9.48 Å². The van der Waals surface area contributed by atoms with E-state index in [0.29, 0.717) is 41.1 Å². The fraction of sp³-hybridized carbons (Fsp3) is 0.474. The maximum Gasteiger partial charge on any atom is 0.246 e. The number of carbonyl (C=O) groups excluding carboxylic acids is 1. The van der Waals surface area contributed by atoms with Gasteiger partial charge in [0.2, 0.25) is 15.9 Å². The van der Waals surface area contributed by atoms with Crippen LogP contribution in [-0.4, -0.2) is 41.5 Å². The number of amides is 1. The van der Waals surface area contributed by atoms with Crippen LogP contribution < -0.4 is 5.32 Å². The summed E-state index contributed by atoms with van der Waals surface area (Å²) in [6, 6.07) is 6.78. The van der Waals surface area contributed by atoms with Crippen LogP contribution >= 0.6 is 11.6 Å². The number of nitrogens with zero attached hydrogens (tertiary/aromatic N) is 3. The van der Waals surface area contributed by atoms with Crippen molar-refractivity contribution in [3.05, 3.63) is 40.7 Å². The van der Waals surface area contributed by atoms with Crippen molar-refractivity contribution in [2.75, 3.05) is 18.4 Å². The Balaban J connectivity index is 1.77. The second-order valence-electron chi connectivity index (χ2n) is 7.30. The van der Waals surface area contributed by atoms with Crippen LogP contribution in [0.3, 0.4) is 0 Å². The number of nitrogens with one attached hydrogen (secondary N) is 1. The number of carbonyl (C=O) groups is 1. The van der Waals surface area contributed by atoms with Gasteiger partial charge in [-0.25, -0.2) is 8.42 Å². The molecule has 1 N–H and O–H groups in total. The fourth-order valence-corrected chi connectivity index (χ4v) is 5.40. The number of benzene rings is 1. The zero-order chi connectivity index (χ0) is 20.5. The smallest absolute Gasteiger partial charge is 0.246 e. The first-order valence-corrected chi connectivity index (χ1v) is 11.1. The van der Waals surface area contributed by atoms with Crippen LogP contribution in [0.15, 0.2) is 29.2 Å². The summed E-state index contributed by atoms with van der Waals surface area (Å²) in [6.07, 6.45) is 1.71. The molecule has 2 heterocycles. The van der Waals surface area contributed by atoms with E-state index >= 15 is 0 Å². The molecule has 7 nitrogen and oxygen atoms in total. The third-order valence-corrected chi connectivity index (χ3v) is 7.48. The molecule has 152 valence electrons. The van der Waals surface area contributed by atoms with Gasteiger partial charge >= 0.3 is 0 Å². The first-order chi connectivity index (χ1) is 13.2. The van der Waals surface area contributed by atoms with Crippen LogP contribution in [0, 0.1) is 19.8 Å². The summed E-state index contributed by atoms with van der Waals surface area (Å²) in [5, 5.41) is 7.66. The molecule has 0 atom stereocenters. The number of aromatic nitrogens is 2. The Labute approximate surface area is 170 Å². The highest BCUT2D eigenvalue weighted by Crippen LogP contribution is 2.27. The Kier molecular flexibility index (Phi) is 6.12. The Morgan fingerprint density at radius 3 is 2.43 bits per heavy atom. The van der Waals surface area contributed by atoms with Gasteiger partial charge < -0.3 is 5.32 Å². The predicted molar refractivity (Wildman–Crippen MR) is 109 cm³/mol. The Hall–Kier alpha value is -1.90. The lowest BCUT2D eigenvalue weighted by Crippen LogP contribution is -2.38. The third kappa shape index (κ3) is 4.39. The quantitative estimate of drug-likeness (QED) is 0.798. The molecule has 3 rings (SSSR count). The van der Waals surface area contributed by atoms with Crippen molar-refractivity contribution < 1.29 is 13.2 Å². The number of halogens is 1. The molecule has 0 saturated carbocycles. The minimum absolute atomic E-state index is 0.0676. The molecule has 2 aromatic rings. The van der Waals surface area contributed by atoms with Gasteiger partial charge in [-0.05, 0) is 56.9 Å². The van der Waals surface area contributed by atoms with Gasteiger partial charge in [0, 0.05) is 23.8 Å². The summed E-state index contributed by atoms with van der Waals surface area (Å²) in [5.74, 6) is 0.247. The minimum Gasteiger partial charge on any atom is -0.324 e. The zero-order valence-corrected chi connectivity index (χ0v) is 17.8. The molecule has 0 aliphatic carbocycles. The average Bonchev–Trinajstić information content (AvgIpc) is 2.91. The minimum atomic E-state index is -3.62. The number of rotatable bonds is 5. The van der Waals surface area contributed by atoms with Gasteiger partial charge in [-0.2, -0.15) is 9.40 Å². The zero-order valence-electron chi connectivity index (χ0n) is 16.3. The van der Waals surface area contributed by atoms with Crippen LogP contribution in [0.4, 0.5) is 5.69 Å². The molecule has 9 heteroatoms. The van der Waals surface area contributed by atoms with Crippen molar-refractivity contribution in [1.29, 1.82) is 0 Å². The number of aryl methyl sites for hydroxylation is 1. The van der Waals surface area contributed by atoms with Crippen molar-refractivity contribution >= 4 is 33.2 Å². The molecule has 0 unspecified atom stereocenters. The Morgan fingerprint density at radius 2 is 1.82 bits per heavy atom. The molecule has 1 aromatic carbocycles. The lowest BCUT2D eigenvalue weighted by molar-refractivity contribution is -0.116. The number of anilines is 1. The van der Waals surface area contributed by atoms with Crippen LogP contribution in [0.2, 0.25) is 5.02 Å². The van der Waals surface area contributed by atoms with Gasteiger partial charge in [-0.1, -0.05) is 18.5 Å². The normalized spacial score (nSPS) is 16.3. The van der Waals surface area contributed by atoms with E-state index in [1.807, 2.05) is 0 Å². The highest BCUT2D eigenvalue weighted by molar-refractivity contribution is 7.89. The van der Waals surface area contributed by atoms with Gasteiger partial charge in [0.05, 0.1) is 11.4 Å². The van der Waals surface area contributed by atoms with E-state index in [2.05, 4.69) is 17.3 Å². The molecule has 1 aliphatic rings. The van der Waals surface area contributed by atoms with E-state index in [4.69, 9.17) is 11.6 Å². The van der Waals surface area contributed by atoms with E-state index in [1.165, 1.54) is 8.99 Å². The number of sulfonamides is 1. The lowest BCUT2D eigenvalue weighted by Gasteiger charge is -2.29. The van der Waals surface area contributed by atoms with Gasteiger partial charge in [-0.15, -0.1) is 0 Å². The monoisotopic (exact) mass is 424 g/mol. The Bertz CT molecular complexity index is 962. The van der Waals surface area contributed by atoms with Crippen molar-refractivity contribution in [2.45, 2.75) is 45.1 Å². The summed E-state index contributed by atoms with van der Waals surface area (Å²) in [5.41, 5.74) is 1.50. The molecule has 1 amide bonds. The molecule has 0 radical (unpaired) electrons. The SMILES string of the molecule is Cc1nn(CC(=O)Nc2ccc(Cl)cc2)c(C)c1S(=O)(=O)N1CCC(C)CC1. The van der Waals surface area contributed by atoms with Gasteiger partial charge in [0.1, 0.15) is 11.4 Å². The number of hydrogen-bond donors (Lipinski definition) is 1. The molecule has 1 saturated heterocycles. The first kappa shape index (κ1) is 20.8. The van der Waals surface area contributed by atoms with Crippen molar-refractivity contribution in [3.8, 4) is 0 Å². The fourth-order valence-electron chi connectivity index (χ4n) is 3.43. The molecule has 28 heavy (non-hydrogen) atoms. The van der Waals surface area contributed by atoms with E-state index in [0.717, 1.165) is 12.8 Å². The van der Waals surface area contributed by atoms with E-state index in [-0.39, 0.29) is 17.3 Å². The lowest BCUT2D eigenvalue weighted by atomic mass is 10.0. The Morgan fingerprint density at radius 1 is 1.21 bits per heavy atom. The van der Waals surface area contributed by atoms with Crippen LogP contribution in [0.1, 0.15) is 31.2 Å². The van der Waals surface area contributed by atoms with Crippen LogP contribution in [0.5, 0.6) is 0 Å². The highest BCUT2D eigenvalue weighted by Gasteiger charge is 2.33. The molecule has 1 aromatic heterocycles. The maximum atomic E-state index is 13.1. The van der Waals surface area contributed by atoms with E-state index < -0.39 is 10.0 Å². The summed E-state index contributed by atoms with van der Waals surface area (Å²) in [4.78, 5) is 12.6. The van der Waals surface area contributed by atoms with E-state index in [9.17, 15) is 13.2 Å². The summed E-state index contributed by atoms with van der Waals surface area (Å²) >= 11 is 5.85. The van der Waals surface area contributed by atoms with Gasteiger partial charge in [0.25, 0.3) is 0 Å². The highest BCUT2D eigenvalue weighted by atomic mass is 35.5. The maximum absolute atomic E-state index is 13.1. The standard InChI is InChI=1S/C19H25ClN4O3S/c1-13-8-10-23(11-9-13)28(26,27)19-14(2)22-24(15(19)3)12-18(25)21-17-6-4-16(20)5-7-17/h4-7,13H,8-12H2,1-3H3,(H,21,25). The molecular formula is C19H25ClN4O3S.